The van der Waals surface area contributed by atoms with E-state index in [9.17, 15) is 9.90 Å². The van der Waals surface area contributed by atoms with Crippen LogP contribution in [0, 0.1) is 5.92 Å². The van der Waals surface area contributed by atoms with Crippen molar-refractivity contribution in [2.45, 2.75) is 43.7 Å². The van der Waals surface area contributed by atoms with Crippen LogP contribution < -0.4 is 0 Å². The number of hydrogen-bond donors (Lipinski definition) is 2. The lowest BCUT2D eigenvalue weighted by Crippen LogP contribution is -2.59. The Morgan fingerprint density at radius 3 is 2.82 bits per heavy atom. The summed E-state index contributed by atoms with van der Waals surface area (Å²) >= 11 is 0. The third kappa shape index (κ3) is 2.61. The number of benzene rings is 1. The first-order valence-corrected chi connectivity index (χ1v) is 9.91. The fourth-order valence-corrected chi connectivity index (χ4v) is 5.03. The molecule has 2 aromatic heterocycles. The van der Waals surface area contributed by atoms with Gasteiger partial charge in [-0.05, 0) is 31.0 Å². The standard InChI is InChI=1S/C21H23N5O2/c27-19(14-5-3-7-16-18(14)25-13-24-16)26-12-9-21(28,20-22-10-4-11-23-20)15-6-1-2-8-17(15)26/h3-5,7,10-11,13,15,17,28H,1-2,6,8-9,12H2,(H,24,25)/t15-,17+,21+/m0/s1. The minimum absolute atomic E-state index is 0.00868. The number of aromatic nitrogens is 4. The Hall–Kier alpha value is -2.80. The maximum Gasteiger partial charge on any atom is 0.256 e. The molecule has 1 saturated carbocycles. The summed E-state index contributed by atoms with van der Waals surface area (Å²) in [5, 5.41) is 11.6. The van der Waals surface area contributed by atoms with Gasteiger partial charge >= 0.3 is 0 Å². The van der Waals surface area contributed by atoms with Gasteiger partial charge in [-0.25, -0.2) is 15.0 Å². The number of carbonyl (C=O) groups excluding carboxylic acids is 1. The van der Waals surface area contributed by atoms with Crippen molar-refractivity contribution in [3.63, 3.8) is 0 Å². The lowest BCUT2D eigenvalue weighted by atomic mass is 9.68. The van der Waals surface area contributed by atoms with Crippen molar-refractivity contribution in [1.29, 1.82) is 0 Å². The first kappa shape index (κ1) is 17.3. The van der Waals surface area contributed by atoms with Gasteiger partial charge in [0.25, 0.3) is 5.91 Å². The number of likely N-dealkylation sites (tertiary alicyclic amines) is 1. The Labute approximate surface area is 162 Å². The molecule has 0 unspecified atom stereocenters. The number of H-pyrrole nitrogens is 1. The van der Waals surface area contributed by atoms with Gasteiger partial charge in [-0.1, -0.05) is 18.9 Å². The number of nitrogens with one attached hydrogen (secondary N) is 1. The highest BCUT2D eigenvalue weighted by Gasteiger charge is 2.52. The molecule has 0 bridgehead atoms. The molecule has 3 atom stereocenters. The third-order valence-corrected chi connectivity index (χ3v) is 6.37. The van der Waals surface area contributed by atoms with E-state index in [1.807, 2.05) is 23.1 Å². The molecule has 3 aromatic rings. The van der Waals surface area contributed by atoms with E-state index < -0.39 is 5.60 Å². The topological polar surface area (TPSA) is 95.0 Å². The monoisotopic (exact) mass is 377 g/mol. The first-order chi connectivity index (χ1) is 13.7. The molecule has 1 aliphatic carbocycles. The van der Waals surface area contributed by atoms with Crippen LogP contribution >= 0.6 is 0 Å². The van der Waals surface area contributed by atoms with E-state index in [1.54, 1.807) is 24.8 Å². The van der Waals surface area contributed by atoms with Gasteiger partial charge in [0.1, 0.15) is 11.1 Å². The van der Waals surface area contributed by atoms with Crippen LogP contribution in [0.1, 0.15) is 48.3 Å². The van der Waals surface area contributed by atoms with Gasteiger partial charge in [-0.3, -0.25) is 4.79 Å². The van der Waals surface area contributed by atoms with Gasteiger partial charge in [-0.15, -0.1) is 0 Å². The van der Waals surface area contributed by atoms with Crippen LogP contribution in [-0.2, 0) is 5.60 Å². The van der Waals surface area contributed by atoms with Crippen LogP contribution in [0.3, 0.4) is 0 Å². The Bertz CT molecular complexity index is 1000. The lowest BCUT2D eigenvalue weighted by molar-refractivity contribution is -0.115. The highest BCUT2D eigenvalue weighted by Crippen LogP contribution is 2.46. The molecule has 144 valence electrons. The molecular weight excluding hydrogens is 354 g/mol. The van der Waals surface area contributed by atoms with Crippen LogP contribution in [0.25, 0.3) is 11.0 Å². The fourth-order valence-electron chi connectivity index (χ4n) is 5.03. The number of hydrogen-bond acceptors (Lipinski definition) is 5. The van der Waals surface area contributed by atoms with Crippen LogP contribution in [-0.4, -0.2) is 48.4 Å². The Balaban J connectivity index is 1.51. The molecule has 28 heavy (non-hydrogen) atoms. The van der Waals surface area contributed by atoms with Crippen LogP contribution in [0.5, 0.6) is 0 Å². The number of aromatic amines is 1. The second kappa shape index (κ2) is 6.67. The van der Waals surface area contributed by atoms with Crippen molar-refractivity contribution >= 4 is 16.9 Å². The molecule has 0 spiro atoms. The van der Waals surface area contributed by atoms with E-state index in [-0.39, 0.29) is 17.9 Å². The lowest BCUT2D eigenvalue weighted by Gasteiger charge is -2.51. The molecule has 5 rings (SSSR count). The molecular formula is C21H23N5O2. The molecule has 2 fully saturated rings. The van der Waals surface area contributed by atoms with Gasteiger partial charge in [-0.2, -0.15) is 0 Å². The number of imidazole rings is 1. The maximum absolute atomic E-state index is 13.5. The predicted molar refractivity (Wildman–Crippen MR) is 103 cm³/mol. The number of amides is 1. The zero-order valence-electron chi connectivity index (χ0n) is 15.6. The van der Waals surface area contributed by atoms with Gasteiger partial charge < -0.3 is 15.0 Å². The Morgan fingerprint density at radius 2 is 1.96 bits per heavy atom. The molecule has 7 nitrogen and oxygen atoms in total. The average Bonchev–Trinajstić information content (AvgIpc) is 3.23. The second-order valence-electron chi connectivity index (χ2n) is 7.81. The van der Waals surface area contributed by atoms with Crippen molar-refractivity contribution in [3.05, 3.63) is 54.4 Å². The molecule has 2 N–H and O–H groups in total. The summed E-state index contributed by atoms with van der Waals surface area (Å²) in [6, 6.07) is 7.38. The summed E-state index contributed by atoms with van der Waals surface area (Å²) in [6.45, 7) is 0.482. The van der Waals surface area contributed by atoms with E-state index in [4.69, 9.17) is 0 Å². The van der Waals surface area contributed by atoms with E-state index >= 15 is 0 Å². The van der Waals surface area contributed by atoms with Gasteiger partial charge in [0.2, 0.25) is 0 Å². The van der Waals surface area contributed by atoms with Crippen LogP contribution in [0.2, 0.25) is 0 Å². The third-order valence-electron chi connectivity index (χ3n) is 6.37. The van der Waals surface area contributed by atoms with E-state index in [2.05, 4.69) is 19.9 Å². The van der Waals surface area contributed by atoms with E-state index in [0.29, 0.717) is 29.9 Å². The van der Waals surface area contributed by atoms with Crippen LogP contribution in [0.15, 0.2) is 43.0 Å². The van der Waals surface area contributed by atoms with Gasteiger partial charge in [0, 0.05) is 37.3 Å². The van der Waals surface area contributed by atoms with Crippen molar-refractivity contribution < 1.29 is 9.90 Å². The summed E-state index contributed by atoms with van der Waals surface area (Å²) in [5.74, 6) is 0.416. The average molecular weight is 377 g/mol. The summed E-state index contributed by atoms with van der Waals surface area (Å²) in [4.78, 5) is 31.5. The molecule has 1 aliphatic heterocycles. The van der Waals surface area contributed by atoms with Crippen molar-refractivity contribution in [2.24, 2.45) is 5.92 Å². The number of rotatable bonds is 2. The molecule has 0 radical (unpaired) electrons. The summed E-state index contributed by atoms with van der Waals surface area (Å²) in [5.41, 5.74) is 1.09. The molecule has 2 aliphatic rings. The van der Waals surface area contributed by atoms with Crippen LogP contribution in [0.4, 0.5) is 0 Å². The summed E-state index contributed by atoms with van der Waals surface area (Å²) in [7, 11) is 0. The first-order valence-electron chi connectivity index (χ1n) is 9.91. The molecule has 7 heteroatoms. The minimum atomic E-state index is -1.08. The highest BCUT2D eigenvalue weighted by atomic mass is 16.3. The normalized spacial score (nSPS) is 27.5. The number of aliphatic hydroxyl groups is 1. The number of para-hydroxylation sites is 1. The number of piperidine rings is 1. The molecule has 1 amide bonds. The Kier molecular flexibility index (Phi) is 4.12. The molecule has 1 saturated heterocycles. The number of carbonyl (C=O) groups is 1. The van der Waals surface area contributed by atoms with E-state index in [0.717, 1.165) is 31.2 Å². The fraction of sp³-hybridized carbons (Fsp3) is 0.429. The second-order valence-corrected chi connectivity index (χ2v) is 7.81. The number of nitrogens with zero attached hydrogens (tertiary/aromatic N) is 4. The van der Waals surface area contributed by atoms with Crippen molar-refractivity contribution in [1.82, 2.24) is 24.8 Å². The summed E-state index contributed by atoms with van der Waals surface area (Å²) in [6.07, 6.45) is 9.28. The zero-order valence-corrected chi connectivity index (χ0v) is 15.6. The SMILES string of the molecule is O=C(c1cccc2[nH]cnc12)N1CC[C@](O)(c2ncccn2)[C@H]2CCCC[C@H]21. The zero-order chi connectivity index (χ0) is 19.1. The minimum Gasteiger partial charge on any atom is -0.381 e. The molecule has 1 aromatic carbocycles. The van der Waals surface area contributed by atoms with E-state index in [1.165, 1.54) is 0 Å². The number of fused-ring (bicyclic) bond motifs is 2. The van der Waals surface area contributed by atoms with Crippen molar-refractivity contribution in [2.75, 3.05) is 6.54 Å². The summed E-state index contributed by atoms with van der Waals surface area (Å²) < 4.78 is 0. The Morgan fingerprint density at radius 1 is 1.14 bits per heavy atom. The largest absolute Gasteiger partial charge is 0.381 e. The smallest absolute Gasteiger partial charge is 0.256 e. The highest BCUT2D eigenvalue weighted by molar-refractivity contribution is 6.05. The van der Waals surface area contributed by atoms with Gasteiger partial charge in [0.05, 0.1) is 17.4 Å². The quantitative estimate of drug-likeness (QED) is 0.716. The predicted octanol–water partition coefficient (Wildman–Crippen LogP) is 2.65. The molecule has 3 heterocycles. The van der Waals surface area contributed by atoms with Crippen molar-refractivity contribution in [3.8, 4) is 0 Å². The maximum atomic E-state index is 13.5. The van der Waals surface area contributed by atoms with Gasteiger partial charge in [0.15, 0.2) is 5.82 Å².